The van der Waals surface area contributed by atoms with Gasteiger partial charge in [-0.25, -0.2) is 0 Å². The number of aryl methyl sites for hydroxylation is 1. The predicted molar refractivity (Wildman–Crippen MR) is 51.4 cm³/mol. The van der Waals surface area contributed by atoms with Crippen molar-refractivity contribution >= 4 is 24.2 Å². The maximum Gasteiger partial charge on any atom is 0.0621 e. The molecule has 0 atom stereocenters. The van der Waals surface area contributed by atoms with Crippen molar-refractivity contribution in [2.75, 3.05) is 5.75 Å². The minimum Gasteiger partial charge on any atom is -0.263 e. The van der Waals surface area contributed by atoms with E-state index in [0.29, 0.717) is 0 Å². The van der Waals surface area contributed by atoms with Gasteiger partial charge in [0.25, 0.3) is 0 Å². The lowest BCUT2D eigenvalue weighted by atomic mass is 10.2. The molecule has 0 aliphatic carbocycles. The smallest absolute Gasteiger partial charge is 0.0621 e. The van der Waals surface area contributed by atoms with Gasteiger partial charge >= 0.3 is 0 Å². The van der Waals surface area contributed by atoms with Gasteiger partial charge < -0.3 is 0 Å². The van der Waals surface area contributed by atoms with Gasteiger partial charge in [0.2, 0.25) is 0 Å². The van der Waals surface area contributed by atoms with Gasteiger partial charge in [0, 0.05) is 12.4 Å². The van der Waals surface area contributed by atoms with Crippen LogP contribution in [0.3, 0.4) is 0 Å². The number of rotatable bonds is 3. The summed E-state index contributed by atoms with van der Waals surface area (Å²) >= 11 is 10.00. The number of hydrogen-bond acceptors (Lipinski definition) is 2. The van der Waals surface area contributed by atoms with Crippen molar-refractivity contribution in [1.29, 1.82) is 0 Å². The summed E-state index contributed by atoms with van der Waals surface area (Å²) in [5.41, 5.74) is 1.16. The van der Waals surface area contributed by atoms with Gasteiger partial charge in [0.15, 0.2) is 0 Å². The number of halogens is 1. The minimum atomic E-state index is 0.759. The molecule has 0 bridgehead atoms. The van der Waals surface area contributed by atoms with Crippen LogP contribution >= 0.6 is 24.2 Å². The van der Waals surface area contributed by atoms with E-state index in [4.69, 9.17) is 11.6 Å². The van der Waals surface area contributed by atoms with E-state index < -0.39 is 0 Å². The second-order valence-corrected chi connectivity index (χ2v) is 3.15. The molecule has 1 aromatic heterocycles. The molecule has 0 radical (unpaired) electrons. The lowest BCUT2D eigenvalue weighted by molar-refractivity contribution is 0.932. The zero-order valence-electron chi connectivity index (χ0n) is 6.13. The van der Waals surface area contributed by atoms with Crippen LogP contribution < -0.4 is 0 Å². The highest BCUT2D eigenvalue weighted by Crippen LogP contribution is 2.14. The van der Waals surface area contributed by atoms with Crippen molar-refractivity contribution in [3.8, 4) is 0 Å². The molecule has 0 spiro atoms. The van der Waals surface area contributed by atoms with Crippen molar-refractivity contribution in [2.24, 2.45) is 0 Å². The maximum atomic E-state index is 5.87. The molecule has 0 aliphatic rings. The van der Waals surface area contributed by atoms with Crippen LogP contribution in [0.1, 0.15) is 12.0 Å². The molecule has 1 aromatic rings. The molecule has 0 amide bonds. The number of thiol groups is 1. The first-order valence-electron chi connectivity index (χ1n) is 3.54. The van der Waals surface area contributed by atoms with Gasteiger partial charge in [0.05, 0.1) is 5.02 Å². The van der Waals surface area contributed by atoms with Crippen LogP contribution in [0.5, 0.6) is 0 Å². The fraction of sp³-hybridized carbons (Fsp3) is 0.375. The summed E-state index contributed by atoms with van der Waals surface area (Å²) in [5, 5.41) is 0.759. The summed E-state index contributed by atoms with van der Waals surface area (Å²) in [6.07, 6.45) is 5.49. The molecular formula is C8H10ClNS. The van der Waals surface area contributed by atoms with Crippen molar-refractivity contribution < 1.29 is 0 Å². The van der Waals surface area contributed by atoms with Gasteiger partial charge in [-0.3, -0.25) is 4.98 Å². The van der Waals surface area contributed by atoms with E-state index in [1.807, 2.05) is 6.07 Å². The summed E-state index contributed by atoms with van der Waals surface area (Å²) in [7, 11) is 0. The average Bonchev–Trinajstić information content (AvgIpc) is 2.03. The fourth-order valence-corrected chi connectivity index (χ4v) is 1.25. The molecular weight excluding hydrogens is 178 g/mol. The van der Waals surface area contributed by atoms with Gasteiger partial charge in [-0.1, -0.05) is 11.6 Å². The van der Waals surface area contributed by atoms with E-state index in [1.54, 1.807) is 12.4 Å². The largest absolute Gasteiger partial charge is 0.263 e. The Balaban J connectivity index is 2.62. The molecule has 0 aliphatic heterocycles. The summed E-state index contributed by atoms with van der Waals surface area (Å²) in [6.45, 7) is 0. The number of hydrogen-bond donors (Lipinski definition) is 1. The summed E-state index contributed by atoms with van der Waals surface area (Å²) in [6, 6.07) is 1.95. The molecule has 1 heterocycles. The monoisotopic (exact) mass is 187 g/mol. The molecule has 0 N–H and O–H groups in total. The van der Waals surface area contributed by atoms with E-state index in [-0.39, 0.29) is 0 Å². The fourth-order valence-electron chi connectivity index (χ4n) is 0.876. The predicted octanol–water partition coefficient (Wildman–Crippen LogP) is 2.60. The molecule has 1 nitrogen and oxygen atoms in total. The van der Waals surface area contributed by atoms with E-state index in [1.165, 1.54) is 0 Å². The van der Waals surface area contributed by atoms with Crippen LogP contribution in [0.2, 0.25) is 5.02 Å². The zero-order valence-corrected chi connectivity index (χ0v) is 7.78. The van der Waals surface area contributed by atoms with E-state index in [9.17, 15) is 0 Å². The van der Waals surface area contributed by atoms with Gasteiger partial charge in [-0.2, -0.15) is 12.6 Å². The van der Waals surface area contributed by atoms with E-state index in [0.717, 1.165) is 29.2 Å². The first-order chi connectivity index (χ1) is 5.34. The van der Waals surface area contributed by atoms with Crippen LogP contribution in [0.4, 0.5) is 0 Å². The SMILES string of the molecule is SCCCc1ccncc1Cl. The number of aromatic nitrogens is 1. The normalized spacial score (nSPS) is 10.0. The average molecular weight is 188 g/mol. The summed E-state index contributed by atoms with van der Waals surface area (Å²) in [4.78, 5) is 3.90. The lowest BCUT2D eigenvalue weighted by Gasteiger charge is -2.00. The summed E-state index contributed by atoms with van der Waals surface area (Å²) in [5.74, 6) is 0.901. The Hall–Kier alpha value is -0.210. The molecule has 11 heavy (non-hydrogen) atoms. The molecule has 0 aromatic carbocycles. The topological polar surface area (TPSA) is 12.9 Å². The van der Waals surface area contributed by atoms with Crippen LogP contribution in [0.25, 0.3) is 0 Å². The van der Waals surface area contributed by atoms with Crippen LogP contribution in [0.15, 0.2) is 18.5 Å². The van der Waals surface area contributed by atoms with Crippen LogP contribution in [0, 0.1) is 0 Å². The molecule has 1 rings (SSSR count). The third-order valence-electron chi connectivity index (χ3n) is 1.46. The van der Waals surface area contributed by atoms with Crippen molar-refractivity contribution in [1.82, 2.24) is 4.98 Å². The first kappa shape index (κ1) is 8.88. The Labute approximate surface area is 77.2 Å². The zero-order chi connectivity index (χ0) is 8.10. The third-order valence-corrected chi connectivity index (χ3v) is 2.12. The highest BCUT2D eigenvalue weighted by molar-refractivity contribution is 7.80. The molecule has 3 heteroatoms. The minimum absolute atomic E-state index is 0.759. The standard InChI is InChI=1S/C8H10ClNS/c9-8-6-10-4-3-7(8)2-1-5-11/h3-4,6,11H,1-2,5H2. The van der Waals surface area contributed by atoms with Crippen LogP contribution in [-0.2, 0) is 6.42 Å². The molecule has 0 saturated carbocycles. The van der Waals surface area contributed by atoms with Crippen molar-refractivity contribution in [2.45, 2.75) is 12.8 Å². The summed E-state index contributed by atoms with van der Waals surface area (Å²) < 4.78 is 0. The van der Waals surface area contributed by atoms with Crippen molar-refractivity contribution in [3.63, 3.8) is 0 Å². The maximum absolute atomic E-state index is 5.87. The molecule has 0 fully saturated rings. The Kier molecular flexibility index (Phi) is 3.73. The Morgan fingerprint density at radius 1 is 1.55 bits per heavy atom. The van der Waals surface area contributed by atoms with Gasteiger partial charge in [-0.15, -0.1) is 0 Å². The van der Waals surface area contributed by atoms with E-state index in [2.05, 4.69) is 17.6 Å². The second kappa shape index (κ2) is 4.62. The van der Waals surface area contributed by atoms with Crippen molar-refractivity contribution in [3.05, 3.63) is 29.0 Å². The molecule has 0 saturated heterocycles. The van der Waals surface area contributed by atoms with Gasteiger partial charge in [-0.05, 0) is 30.2 Å². The number of nitrogens with zero attached hydrogens (tertiary/aromatic N) is 1. The van der Waals surface area contributed by atoms with E-state index >= 15 is 0 Å². The highest BCUT2D eigenvalue weighted by Gasteiger charge is 1.97. The quantitative estimate of drug-likeness (QED) is 0.718. The Morgan fingerprint density at radius 2 is 2.36 bits per heavy atom. The van der Waals surface area contributed by atoms with Crippen LogP contribution in [-0.4, -0.2) is 10.7 Å². The first-order valence-corrected chi connectivity index (χ1v) is 4.55. The molecule has 0 unspecified atom stereocenters. The number of pyridine rings is 1. The second-order valence-electron chi connectivity index (χ2n) is 2.29. The molecule has 60 valence electrons. The lowest BCUT2D eigenvalue weighted by Crippen LogP contribution is -1.87. The highest BCUT2D eigenvalue weighted by atomic mass is 35.5. The van der Waals surface area contributed by atoms with Gasteiger partial charge in [0.1, 0.15) is 0 Å². The Bertz CT molecular complexity index is 227. The Morgan fingerprint density at radius 3 is 3.00 bits per heavy atom. The third kappa shape index (κ3) is 2.72.